The van der Waals surface area contributed by atoms with Crippen LogP contribution in [-0.4, -0.2) is 23.9 Å². The molecular formula is C15H20N2OS2. The number of thiophene rings is 2. The fourth-order valence-electron chi connectivity index (χ4n) is 2.22. The number of carbonyl (C=O) groups is 1. The molecule has 108 valence electrons. The summed E-state index contributed by atoms with van der Waals surface area (Å²) in [5, 5.41) is 4.63. The van der Waals surface area contributed by atoms with Crippen LogP contribution in [0, 0.1) is 0 Å². The third kappa shape index (κ3) is 3.04. The first-order valence-electron chi connectivity index (χ1n) is 6.89. The average Bonchev–Trinajstić information content (AvgIpc) is 3.06. The highest BCUT2D eigenvalue weighted by atomic mass is 32.1. The summed E-state index contributed by atoms with van der Waals surface area (Å²) in [6.45, 7) is 5.75. The van der Waals surface area contributed by atoms with Crippen molar-refractivity contribution in [3.05, 3.63) is 28.5 Å². The smallest absolute Gasteiger partial charge is 0.257 e. The lowest BCUT2D eigenvalue weighted by atomic mass is 10.1. The third-order valence-corrected chi connectivity index (χ3v) is 4.81. The van der Waals surface area contributed by atoms with Gasteiger partial charge in [-0.2, -0.15) is 0 Å². The summed E-state index contributed by atoms with van der Waals surface area (Å²) in [7, 11) is 0. The van der Waals surface area contributed by atoms with Crippen LogP contribution in [0.1, 0.15) is 37.0 Å². The SMILES string of the molecule is CCCN(CCC)C(=O)c1c(-c2cccs2)csc1N. The lowest BCUT2D eigenvalue weighted by Gasteiger charge is -2.22. The lowest BCUT2D eigenvalue weighted by Crippen LogP contribution is -2.32. The number of nitrogens with two attached hydrogens (primary N) is 1. The van der Waals surface area contributed by atoms with E-state index in [4.69, 9.17) is 5.73 Å². The Hall–Kier alpha value is -1.33. The molecule has 0 saturated heterocycles. The normalized spacial score (nSPS) is 10.7. The maximum atomic E-state index is 12.8. The molecule has 0 radical (unpaired) electrons. The summed E-state index contributed by atoms with van der Waals surface area (Å²) in [6, 6.07) is 4.03. The van der Waals surface area contributed by atoms with Gasteiger partial charge in [0, 0.05) is 28.9 Å². The fraction of sp³-hybridized carbons (Fsp3) is 0.400. The number of hydrogen-bond acceptors (Lipinski definition) is 4. The van der Waals surface area contributed by atoms with Gasteiger partial charge in [0.25, 0.3) is 5.91 Å². The van der Waals surface area contributed by atoms with E-state index < -0.39 is 0 Å². The van der Waals surface area contributed by atoms with Crippen molar-refractivity contribution in [1.29, 1.82) is 0 Å². The van der Waals surface area contributed by atoms with Gasteiger partial charge in [-0.15, -0.1) is 22.7 Å². The predicted molar refractivity (Wildman–Crippen MR) is 88.5 cm³/mol. The van der Waals surface area contributed by atoms with Crippen LogP contribution < -0.4 is 5.73 Å². The third-order valence-electron chi connectivity index (χ3n) is 3.09. The summed E-state index contributed by atoms with van der Waals surface area (Å²) < 4.78 is 0. The minimum Gasteiger partial charge on any atom is -0.390 e. The Labute approximate surface area is 128 Å². The van der Waals surface area contributed by atoms with Gasteiger partial charge in [0.2, 0.25) is 0 Å². The average molecular weight is 308 g/mol. The van der Waals surface area contributed by atoms with E-state index in [-0.39, 0.29) is 5.91 Å². The maximum absolute atomic E-state index is 12.8. The van der Waals surface area contributed by atoms with Gasteiger partial charge in [0.1, 0.15) is 0 Å². The minimum absolute atomic E-state index is 0.0656. The second-order valence-electron chi connectivity index (χ2n) is 4.66. The molecule has 0 unspecified atom stereocenters. The molecule has 2 rings (SSSR count). The Kier molecular flexibility index (Phi) is 5.20. The first-order valence-corrected chi connectivity index (χ1v) is 8.65. The first-order chi connectivity index (χ1) is 9.69. The monoisotopic (exact) mass is 308 g/mol. The van der Waals surface area contributed by atoms with Crippen LogP contribution in [0.4, 0.5) is 5.00 Å². The van der Waals surface area contributed by atoms with Gasteiger partial charge >= 0.3 is 0 Å². The molecule has 5 heteroatoms. The molecule has 0 bridgehead atoms. The van der Waals surface area contributed by atoms with Crippen LogP contribution in [0.3, 0.4) is 0 Å². The summed E-state index contributed by atoms with van der Waals surface area (Å²) in [6.07, 6.45) is 1.92. The second kappa shape index (κ2) is 6.90. The van der Waals surface area contributed by atoms with Gasteiger partial charge in [-0.25, -0.2) is 0 Å². The van der Waals surface area contributed by atoms with Crippen LogP contribution in [0.25, 0.3) is 10.4 Å². The van der Waals surface area contributed by atoms with E-state index in [1.807, 2.05) is 27.8 Å². The molecule has 3 nitrogen and oxygen atoms in total. The van der Waals surface area contributed by atoms with Crippen LogP contribution in [0.5, 0.6) is 0 Å². The molecule has 0 aromatic carbocycles. The molecule has 0 fully saturated rings. The van der Waals surface area contributed by atoms with Crippen molar-refractivity contribution in [2.45, 2.75) is 26.7 Å². The quantitative estimate of drug-likeness (QED) is 0.863. The Bertz CT molecular complexity index is 554. The molecule has 2 aromatic heterocycles. The van der Waals surface area contributed by atoms with E-state index in [1.54, 1.807) is 11.3 Å². The van der Waals surface area contributed by atoms with E-state index in [1.165, 1.54) is 11.3 Å². The molecule has 0 aliphatic heterocycles. The van der Waals surface area contributed by atoms with Crippen LogP contribution in [-0.2, 0) is 0 Å². The van der Waals surface area contributed by atoms with Gasteiger partial charge in [0.15, 0.2) is 0 Å². The number of carbonyl (C=O) groups excluding carboxylic acids is 1. The molecular weight excluding hydrogens is 288 g/mol. The number of anilines is 1. The van der Waals surface area contributed by atoms with Crippen molar-refractivity contribution in [3.63, 3.8) is 0 Å². The minimum atomic E-state index is 0.0656. The Morgan fingerprint density at radius 1 is 1.25 bits per heavy atom. The number of nitrogen functional groups attached to an aromatic ring is 1. The predicted octanol–water partition coefficient (Wildman–Crippen LogP) is 4.32. The largest absolute Gasteiger partial charge is 0.390 e. The van der Waals surface area contributed by atoms with Crippen LogP contribution in [0.2, 0.25) is 0 Å². The highest BCUT2D eigenvalue weighted by Crippen LogP contribution is 2.36. The van der Waals surface area contributed by atoms with Crippen LogP contribution >= 0.6 is 22.7 Å². The Balaban J connectivity index is 2.36. The topological polar surface area (TPSA) is 46.3 Å². The summed E-state index contributed by atoms with van der Waals surface area (Å²) in [4.78, 5) is 15.8. The zero-order valence-electron chi connectivity index (χ0n) is 11.9. The Morgan fingerprint density at radius 2 is 1.95 bits per heavy atom. The molecule has 0 aliphatic rings. The summed E-state index contributed by atoms with van der Waals surface area (Å²) in [5.74, 6) is 0.0656. The van der Waals surface area contributed by atoms with E-state index in [0.717, 1.165) is 36.4 Å². The second-order valence-corrected chi connectivity index (χ2v) is 6.52. The van der Waals surface area contributed by atoms with Gasteiger partial charge < -0.3 is 10.6 Å². The standard InChI is InChI=1S/C15H20N2OS2/c1-3-7-17(8-4-2)15(18)13-11(10-20-14(13)16)12-6-5-9-19-12/h5-6,9-10H,3-4,7-8,16H2,1-2H3. The van der Waals surface area contributed by atoms with Gasteiger partial charge in [-0.05, 0) is 24.3 Å². The highest BCUT2D eigenvalue weighted by molar-refractivity contribution is 7.16. The summed E-state index contributed by atoms with van der Waals surface area (Å²) in [5.41, 5.74) is 7.71. The van der Waals surface area contributed by atoms with Gasteiger partial charge in [0.05, 0.1) is 10.6 Å². The van der Waals surface area contributed by atoms with E-state index >= 15 is 0 Å². The van der Waals surface area contributed by atoms with Crippen molar-refractivity contribution < 1.29 is 4.79 Å². The molecule has 2 heterocycles. The molecule has 0 spiro atoms. The first kappa shape index (κ1) is 15.1. The zero-order chi connectivity index (χ0) is 14.5. The van der Waals surface area contributed by atoms with Crippen molar-refractivity contribution >= 4 is 33.6 Å². The molecule has 2 N–H and O–H groups in total. The number of nitrogens with zero attached hydrogens (tertiary/aromatic N) is 1. The molecule has 20 heavy (non-hydrogen) atoms. The fourth-order valence-corrected chi connectivity index (χ4v) is 3.85. The van der Waals surface area contributed by atoms with E-state index in [9.17, 15) is 4.79 Å². The number of amides is 1. The van der Waals surface area contributed by atoms with E-state index in [2.05, 4.69) is 13.8 Å². The lowest BCUT2D eigenvalue weighted by molar-refractivity contribution is 0.0758. The molecule has 2 aromatic rings. The Morgan fingerprint density at radius 3 is 2.50 bits per heavy atom. The van der Waals surface area contributed by atoms with Crippen molar-refractivity contribution in [2.75, 3.05) is 18.8 Å². The number of rotatable bonds is 6. The van der Waals surface area contributed by atoms with E-state index in [0.29, 0.717) is 10.6 Å². The van der Waals surface area contributed by atoms with Crippen molar-refractivity contribution in [1.82, 2.24) is 4.90 Å². The molecule has 1 amide bonds. The highest BCUT2D eigenvalue weighted by Gasteiger charge is 2.23. The molecule has 0 atom stereocenters. The summed E-state index contributed by atoms with van der Waals surface area (Å²) >= 11 is 3.09. The van der Waals surface area contributed by atoms with Crippen molar-refractivity contribution in [2.24, 2.45) is 0 Å². The van der Waals surface area contributed by atoms with Crippen LogP contribution in [0.15, 0.2) is 22.9 Å². The molecule has 0 aliphatic carbocycles. The molecule has 0 saturated carbocycles. The van der Waals surface area contributed by atoms with Crippen molar-refractivity contribution in [3.8, 4) is 10.4 Å². The zero-order valence-corrected chi connectivity index (χ0v) is 13.5. The number of hydrogen-bond donors (Lipinski definition) is 1. The van der Waals surface area contributed by atoms with Gasteiger partial charge in [-0.1, -0.05) is 19.9 Å². The maximum Gasteiger partial charge on any atom is 0.257 e. The van der Waals surface area contributed by atoms with Gasteiger partial charge in [-0.3, -0.25) is 4.79 Å².